The minimum absolute atomic E-state index is 1.23. The molecule has 1 rings (SSSR count). The molecule has 0 bridgehead atoms. The molecule has 53 heavy (non-hydrogen) atoms. The third kappa shape index (κ3) is 34.2. The van der Waals surface area contributed by atoms with E-state index in [0.29, 0.717) is 0 Å². The van der Waals surface area contributed by atoms with Gasteiger partial charge in [-0.2, -0.15) is 0 Å². The Kier molecular flexibility index (Phi) is 40.0. The molecule has 0 radical (unpaired) electrons. The largest absolute Gasteiger partial charge is 0.202 e. The van der Waals surface area contributed by atoms with Gasteiger partial charge in [-0.15, -0.1) is 0 Å². The first-order valence-electron chi connectivity index (χ1n) is 25.3. The molecule has 0 aliphatic rings. The second-order valence-electron chi connectivity index (χ2n) is 17.6. The lowest BCUT2D eigenvalue weighted by Crippen LogP contribution is -2.39. The maximum Gasteiger partial charge on any atom is 0.184 e. The molecule has 0 fully saturated rings. The van der Waals surface area contributed by atoms with Crippen molar-refractivity contribution in [2.75, 3.05) is 0 Å². The van der Waals surface area contributed by atoms with Crippen LogP contribution in [0.3, 0.4) is 0 Å². The van der Waals surface area contributed by atoms with Gasteiger partial charge >= 0.3 is 0 Å². The molecular formula is C52H100N+. The highest BCUT2D eigenvalue weighted by Gasteiger charge is 2.15. The molecule has 1 nitrogen and oxygen atoms in total. The molecular weight excluding hydrogens is 639 g/mol. The van der Waals surface area contributed by atoms with Crippen molar-refractivity contribution in [3.05, 3.63) is 29.6 Å². The average Bonchev–Trinajstić information content (AvgIpc) is 3.17. The predicted octanol–water partition coefficient (Wildman–Crippen LogP) is 18.1. The van der Waals surface area contributed by atoms with Crippen LogP contribution in [-0.4, -0.2) is 0 Å². The lowest BCUT2D eigenvalue weighted by atomic mass is 9.99. The lowest BCUT2D eigenvalue weighted by Gasteiger charge is -2.11. The Morgan fingerprint density at radius 2 is 0.566 bits per heavy atom. The quantitative estimate of drug-likeness (QED) is 0.0464. The molecule has 0 N–H and O–H groups in total. The zero-order chi connectivity index (χ0) is 38.0. The van der Waals surface area contributed by atoms with Gasteiger partial charge in [0.1, 0.15) is 6.54 Å². The number of nitrogens with zero attached hydrogens (tertiary/aromatic N) is 1. The minimum atomic E-state index is 1.23. The van der Waals surface area contributed by atoms with Gasteiger partial charge in [0.15, 0.2) is 11.9 Å². The number of aromatic nitrogens is 1. The zero-order valence-corrected chi connectivity index (χ0v) is 37.3. The maximum absolute atomic E-state index is 2.69. The molecule has 0 aliphatic carbocycles. The van der Waals surface area contributed by atoms with E-state index in [1.807, 2.05) is 0 Å². The maximum atomic E-state index is 2.69. The number of aryl methyl sites for hydroxylation is 2. The molecule has 0 atom stereocenters. The van der Waals surface area contributed by atoms with E-state index in [0.717, 1.165) is 0 Å². The first kappa shape index (κ1) is 50.2. The molecule has 0 spiro atoms. The fraction of sp³-hybridized carbons (Fsp3) is 0.904. The number of rotatable bonds is 44. The molecule has 1 aromatic rings. The number of unbranched alkanes of at least 4 members (excludes halogenated alkanes) is 38. The van der Waals surface area contributed by atoms with E-state index < -0.39 is 0 Å². The molecule has 1 heteroatoms. The summed E-state index contributed by atoms with van der Waals surface area (Å²) in [6.45, 7) is 8.19. The van der Waals surface area contributed by atoms with Gasteiger partial charge < -0.3 is 0 Å². The molecule has 1 heterocycles. The zero-order valence-electron chi connectivity index (χ0n) is 37.3. The summed E-state index contributed by atoms with van der Waals surface area (Å²) in [6, 6.07) is 4.86. The van der Waals surface area contributed by atoms with Gasteiger partial charge in [0.25, 0.3) is 0 Å². The van der Waals surface area contributed by atoms with Crippen molar-refractivity contribution in [1.82, 2.24) is 0 Å². The summed E-state index contributed by atoms with van der Waals surface area (Å²) in [5.74, 6) is 0. The molecule has 312 valence electrons. The number of pyridine rings is 1. The number of hydrogen-bond acceptors (Lipinski definition) is 0. The monoisotopic (exact) mass is 739 g/mol. The van der Waals surface area contributed by atoms with Crippen molar-refractivity contribution in [3.8, 4) is 0 Å². The van der Waals surface area contributed by atoms with Gasteiger partial charge in [-0.3, -0.25) is 0 Å². The Hall–Kier alpha value is -0.850. The topological polar surface area (TPSA) is 3.88 Å². The molecule has 0 aliphatic heterocycles. The van der Waals surface area contributed by atoms with Crippen molar-refractivity contribution in [2.24, 2.45) is 0 Å². The smallest absolute Gasteiger partial charge is 0.184 e. The van der Waals surface area contributed by atoms with E-state index in [-0.39, 0.29) is 0 Å². The standard InChI is InChI=1S/C52H100N/c1-4-7-10-13-16-19-22-25-27-30-33-36-39-42-46-51-47-45-50-53(49-44-41-38-35-32-29-24-21-18-15-12-9-6-3)52(51)48-43-40-37-34-31-28-26-23-20-17-14-11-8-5-2/h45,47,50H,4-44,46,48-49H2,1-3H3/q+1. The highest BCUT2D eigenvalue weighted by atomic mass is 15.0. The third-order valence-electron chi connectivity index (χ3n) is 12.4. The van der Waals surface area contributed by atoms with Crippen LogP contribution in [0.5, 0.6) is 0 Å². The van der Waals surface area contributed by atoms with Crippen LogP contribution in [0, 0.1) is 0 Å². The molecule has 0 amide bonds. The van der Waals surface area contributed by atoms with Crippen molar-refractivity contribution >= 4 is 0 Å². The molecule has 0 aromatic carbocycles. The van der Waals surface area contributed by atoms with Crippen LogP contribution in [0.1, 0.15) is 295 Å². The van der Waals surface area contributed by atoms with E-state index in [1.54, 1.807) is 11.3 Å². The summed E-state index contributed by atoms with van der Waals surface area (Å²) in [6.07, 6.45) is 64.2. The van der Waals surface area contributed by atoms with Crippen LogP contribution in [0.15, 0.2) is 18.3 Å². The predicted molar refractivity (Wildman–Crippen MR) is 240 cm³/mol. The average molecular weight is 739 g/mol. The summed E-state index contributed by atoms with van der Waals surface area (Å²) in [5, 5.41) is 0. The SMILES string of the molecule is CCCCCCCCCCCCCCCCc1ccc[n+](CCCCCCCCCCCCCCC)c1CCCCCCCCCCCCCCCC. The molecule has 0 saturated heterocycles. The fourth-order valence-corrected chi connectivity index (χ4v) is 8.67. The first-order valence-corrected chi connectivity index (χ1v) is 25.3. The van der Waals surface area contributed by atoms with Crippen LogP contribution >= 0.6 is 0 Å². The van der Waals surface area contributed by atoms with E-state index in [9.17, 15) is 0 Å². The van der Waals surface area contributed by atoms with E-state index in [4.69, 9.17) is 0 Å². The van der Waals surface area contributed by atoms with Crippen molar-refractivity contribution in [1.29, 1.82) is 0 Å². The normalized spacial score (nSPS) is 11.6. The lowest BCUT2D eigenvalue weighted by molar-refractivity contribution is -0.705. The highest BCUT2D eigenvalue weighted by Crippen LogP contribution is 2.19. The molecule has 1 aromatic heterocycles. The summed E-state index contributed by atoms with van der Waals surface area (Å²) in [4.78, 5) is 0. The highest BCUT2D eigenvalue weighted by molar-refractivity contribution is 5.16. The van der Waals surface area contributed by atoms with Gasteiger partial charge in [-0.1, -0.05) is 258 Å². The van der Waals surface area contributed by atoms with Gasteiger partial charge in [0, 0.05) is 24.5 Å². The Balaban J connectivity index is 2.34. The first-order chi connectivity index (χ1) is 26.3. The second kappa shape index (κ2) is 42.3. The van der Waals surface area contributed by atoms with Crippen LogP contribution in [0.25, 0.3) is 0 Å². The van der Waals surface area contributed by atoms with Gasteiger partial charge in [0.2, 0.25) is 0 Å². The van der Waals surface area contributed by atoms with E-state index in [2.05, 4.69) is 43.7 Å². The van der Waals surface area contributed by atoms with Crippen LogP contribution in [-0.2, 0) is 19.4 Å². The Morgan fingerprint density at radius 1 is 0.302 bits per heavy atom. The van der Waals surface area contributed by atoms with E-state index >= 15 is 0 Å². The van der Waals surface area contributed by atoms with Crippen LogP contribution < -0.4 is 4.57 Å². The van der Waals surface area contributed by atoms with Gasteiger partial charge in [-0.25, -0.2) is 4.57 Å². The number of hydrogen-bond donors (Lipinski definition) is 0. The Labute approximate surface area is 336 Å². The summed E-state index contributed by atoms with van der Waals surface area (Å²) >= 11 is 0. The Morgan fingerprint density at radius 3 is 0.887 bits per heavy atom. The van der Waals surface area contributed by atoms with Crippen molar-refractivity contribution in [3.63, 3.8) is 0 Å². The van der Waals surface area contributed by atoms with Gasteiger partial charge in [0.05, 0.1) is 0 Å². The fourth-order valence-electron chi connectivity index (χ4n) is 8.67. The van der Waals surface area contributed by atoms with E-state index in [1.165, 1.54) is 283 Å². The summed E-state index contributed by atoms with van der Waals surface area (Å²) in [7, 11) is 0. The van der Waals surface area contributed by atoms with Crippen molar-refractivity contribution in [2.45, 2.75) is 303 Å². The van der Waals surface area contributed by atoms with Gasteiger partial charge in [-0.05, 0) is 31.7 Å². The van der Waals surface area contributed by atoms with Crippen LogP contribution in [0.4, 0.5) is 0 Å². The minimum Gasteiger partial charge on any atom is -0.202 e. The summed E-state index contributed by atoms with van der Waals surface area (Å²) in [5.41, 5.74) is 3.37. The molecule has 0 unspecified atom stereocenters. The summed E-state index contributed by atoms with van der Waals surface area (Å²) < 4.78 is 2.69. The third-order valence-corrected chi connectivity index (χ3v) is 12.4. The second-order valence-corrected chi connectivity index (χ2v) is 17.6. The Bertz CT molecular complexity index is 828. The molecule has 0 saturated carbocycles. The van der Waals surface area contributed by atoms with Crippen LogP contribution in [0.2, 0.25) is 0 Å². The van der Waals surface area contributed by atoms with Crippen molar-refractivity contribution < 1.29 is 4.57 Å².